The Morgan fingerprint density at radius 3 is 2.77 bits per heavy atom. The highest BCUT2D eigenvalue weighted by molar-refractivity contribution is 6.30. The van der Waals surface area contributed by atoms with Crippen LogP contribution in [0.2, 0.25) is 5.02 Å². The first-order valence-corrected chi connectivity index (χ1v) is 7.83. The van der Waals surface area contributed by atoms with E-state index in [0.717, 1.165) is 24.2 Å². The molecule has 122 valence electrons. The second-order valence-corrected chi connectivity index (χ2v) is 6.55. The lowest BCUT2D eigenvalue weighted by Crippen LogP contribution is -2.45. The van der Waals surface area contributed by atoms with Gasteiger partial charge in [0, 0.05) is 23.2 Å². The van der Waals surface area contributed by atoms with Crippen molar-refractivity contribution >= 4 is 29.9 Å². The van der Waals surface area contributed by atoms with Crippen LogP contribution in [0.4, 0.5) is 0 Å². The van der Waals surface area contributed by atoms with Crippen LogP contribution in [0.1, 0.15) is 24.8 Å². The Morgan fingerprint density at radius 2 is 2.14 bits per heavy atom. The third-order valence-electron chi connectivity index (χ3n) is 4.98. The van der Waals surface area contributed by atoms with Crippen LogP contribution < -0.4 is 15.8 Å². The summed E-state index contributed by atoms with van der Waals surface area (Å²) in [7, 11) is 1.61. The van der Waals surface area contributed by atoms with Gasteiger partial charge in [0.05, 0.1) is 13.0 Å². The second kappa shape index (κ2) is 7.07. The van der Waals surface area contributed by atoms with Crippen LogP contribution in [0.15, 0.2) is 18.2 Å². The Morgan fingerprint density at radius 1 is 1.41 bits per heavy atom. The molecule has 2 bridgehead atoms. The molecule has 0 spiro atoms. The molecule has 0 aliphatic heterocycles. The average Bonchev–Trinajstić information content (AvgIpc) is 3.05. The normalized spacial score (nSPS) is 29.0. The zero-order valence-electron chi connectivity index (χ0n) is 12.5. The molecule has 0 radical (unpaired) electrons. The lowest BCUT2D eigenvalue weighted by atomic mass is 9.84. The molecule has 3 N–H and O–H groups in total. The molecule has 2 fully saturated rings. The maximum absolute atomic E-state index is 12.4. The van der Waals surface area contributed by atoms with Gasteiger partial charge in [-0.3, -0.25) is 4.79 Å². The van der Waals surface area contributed by atoms with Gasteiger partial charge in [-0.25, -0.2) is 0 Å². The van der Waals surface area contributed by atoms with Crippen molar-refractivity contribution in [3.8, 4) is 5.75 Å². The first-order valence-electron chi connectivity index (χ1n) is 7.46. The van der Waals surface area contributed by atoms with Gasteiger partial charge in [-0.15, -0.1) is 12.4 Å². The number of fused-ring (bicyclic) bond motifs is 2. The largest absolute Gasteiger partial charge is 0.496 e. The molecule has 2 saturated carbocycles. The summed E-state index contributed by atoms with van der Waals surface area (Å²) in [5.41, 5.74) is 7.09. The molecule has 1 aromatic carbocycles. The van der Waals surface area contributed by atoms with Gasteiger partial charge in [-0.05, 0) is 49.3 Å². The van der Waals surface area contributed by atoms with Crippen molar-refractivity contribution < 1.29 is 9.53 Å². The number of halogens is 2. The highest BCUT2D eigenvalue weighted by Gasteiger charge is 2.48. The van der Waals surface area contributed by atoms with E-state index in [-0.39, 0.29) is 30.3 Å². The standard InChI is InChI=1S/C16H21ClN2O2.ClH/c1-21-13-5-4-12(17)7-11(13)8-19-16(20)14-9-2-3-10(6-9)15(14)18;/h4-5,7,9-10,14-15H,2-3,6,8,18H2,1H3,(H,19,20);1H. The third kappa shape index (κ3) is 3.19. The topological polar surface area (TPSA) is 64.3 Å². The van der Waals surface area contributed by atoms with E-state index in [1.807, 2.05) is 12.1 Å². The van der Waals surface area contributed by atoms with Crippen molar-refractivity contribution in [3.05, 3.63) is 28.8 Å². The second-order valence-electron chi connectivity index (χ2n) is 6.11. The van der Waals surface area contributed by atoms with Crippen LogP contribution in [-0.4, -0.2) is 19.1 Å². The van der Waals surface area contributed by atoms with Gasteiger partial charge in [0.15, 0.2) is 0 Å². The fraction of sp³-hybridized carbons (Fsp3) is 0.562. The number of carbonyl (C=O) groups excluding carboxylic acids is 1. The molecular formula is C16H22Cl2N2O2. The minimum absolute atomic E-state index is 0. The van der Waals surface area contributed by atoms with Crippen LogP contribution in [0.5, 0.6) is 5.75 Å². The molecule has 2 aliphatic carbocycles. The van der Waals surface area contributed by atoms with Gasteiger partial charge < -0.3 is 15.8 Å². The van der Waals surface area contributed by atoms with Crippen LogP contribution >= 0.6 is 24.0 Å². The van der Waals surface area contributed by atoms with Gasteiger partial charge in [-0.1, -0.05) is 11.6 Å². The van der Waals surface area contributed by atoms with Gasteiger partial charge in [0.25, 0.3) is 0 Å². The fourth-order valence-electron chi connectivity index (χ4n) is 3.91. The molecule has 3 rings (SSSR count). The van der Waals surface area contributed by atoms with E-state index in [0.29, 0.717) is 23.4 Å². The predicted molar refractivity (Wildman–Crippen MR) is 89.4 cm³/mol. The van der Waals surface area contributed by atoms with E-state index in [1.165, 1.54) is 6.42 Å². The summed E-state index contributed by atoms with van der Waals surface area (Å²) in [6.07, 6.45) is 3.43. The molecule has 0 saturated heterocycles. The minimum Gasteiger partial charge on any atom is -0.496 e. The Bertz CT molecular complexity index is 551. The molecule has 4 unspecified atom stereocenters. The number of rotatable bonds is 4. The molecular weight excluding hydrogens is 323 g/mol. The summed E-state index contributed by atoms with van der Waals surface area (Å²) in [6, 6.07) is 5.43. The Hall–Kier alpha value is -0.970. The zero-order valence-corrected chi connectivity index (χ0v) is 14.1. The molecule has 0 heterocycles. The van der Waals surface area contributed by atoms with Crippen LogP contribution in [0, 0.1) is 17.8 Å². The lowest BCUT2D eigenvalue weighted by molar-refractivity contribution is -0.127. The number of amides is 1. The third-order valence-corrected chi connectivity index (χ3v) is 5.21. The molecule has 6 heteroatoms. The van der Waals surface area contributed by atoms with Gasteiger partial charge in [-0.2, -0.15) is 0 Å². The van der Waals surface area contributed by atoms with Crippen LogP contribution in [0.3, 0.4) is 0 Å². The summed E-state index contributed by atoms with van der Waals surface area (Å²) in [6.45, 7) is 0.420. The number of carbonyl (C=O) groups is 1. The lowest BCUT2D eigenvalue weighted by Gasteiger charge is -2.27. The Balaban J connectivity index is 0.00000176. The molecule has 0 aromatic heterocycles. The van der Waals surface area contributed by atoms with E-state index in [4.69, 9.17) is 22.1 Å². The quantitative estimate of drug-likeness (QED) is 0.882. The van der Waals surface area contributed by atoms with E-state index >= 15 is 0 Å². The van der Waals surface area contributed by atoms with Crippen molar-refractivity contribution in [1.29, 1.82) is 0 Å². The van der Waals surface area contributed by atoms with Crippen molar-refractivity contribution in [3.63, 3.8) is 0 Å². The van der Waals surface area contributed by atoms with Crippen molar-refractivity contribution in [2.24, 2.45) is 23.5 Å². The molecule has 4 nitrogen and oxygen atoms in total. The monoisotopic (exact) mass is 344 g/mol. The number of nitrogens with one attached hydrogen (secondary N) is 1. The number of methoxy groups -OCH3 is 1. The maximum atomic E-state index is 12.4. The van der Waals surface area contributed by atoms with Crippen molar-refractivity contribution in [2.75, 3.05) is 7.11 Å². The number of nitrogens with two attached hydrogens (primary N) is 1. The molecule has 1 amide bonds. The van der Waals surface area contributed by atoms with E-state index < -0.39 is 0 Å². The first-order chi connectivity index (χ1) is 10.1. The highest BCUT2D eigenvalue weighted by atomic mass is 35.5. The van der Waals surface area contributed by atoms with E-state index in [2.05, 4.69) is 5.32 Å². The van der Waals surface area contributed by atoms with E-state index in [1.54, 1.807) is 13.2 Å². The molecule has 4 atom stereocenters. The van der Waals surface area contributed by atoms with Crippen LogP contribution in [-0.2, 0) is 11.3 Å². The highest BCUT2D eigenvalue weighted by Crippen LogP contribution is 2.47. The summed E-state index contributed by atoms with van der Waals surface area (Å²) in [4.78, 5) is 12.4. The van der Waals surface area contributed by atoms with Gasteiger partial charge in [0.1, 0.15) is 5.75 Å². The van der Waals surface area contributed by atoms with Gasteiger partial charge in [0.2, 0.25) is 5.91 Å². The minimum atomic E-state index is -0.0334. The van der Waals surface area contributed by atoms with Crippen molar-refractivity contribution in [2.45, 2.75) is 31.8 Å². The van der Waals surface area contributed by atoms with Gasteiger partial charge >= 0.3 is 0 Å². The predicted octanol–water partition coefficient (Wildman–Crippen LogP) is 2.76. The number of hydrogen-bond donors (Lipinski definition) is 2. The SMILES string of the molecule is COc1ccc(Cl)cc1CNC(=O)C1C2CCC(C2)C1N.Cl. The zero-order chi connectivity index (χ0) is 15.0. The summed E-state index contributed by atoms with van der Waals surface area (Å²) in [5.74, 6) is 1.76. The average molecular weight is 345 g/mol. The fourth-order valence-corrected chi connectivity index (χ4v) is 4.11. The number of benzene rings is 1. The van der Waals surface area contributed by atoms with Crippen molar-refractivity contribution in [1.82, 2.24) is 5.32 Å². The molecule has 2 aliphatic rings. The molecule has 1 aromatic rings. The smallest absolute Gasteiger partial charge is 0.225 e. The Labute approximate surface area is 142 Å². The Kier molecular flexibility index (Phi) is 5.59. The first kappa shape index (κ1) is 17.4. The molecule has 22 heavy (non-hydrogen) atoms. The maximum Gasteiger partial charge on any atom is 0.225 e. The number of ether oxygens (including phenoxy) is 1. The number of hydrogen-bond acceptors (Lipinski definition) is 3. The van der Waals surface area contributed by atoms with Crippen LogP contribution in [0.25, 0.3) is 0 Å². The summed E-state index contributed by atoms with van der Waals surface area (Å²) >= 11 is 6.00. The summed E-state index contributed by atoms with van der Waals surface area (Å²) < 4.78 is 5.29. The van der Waals surface area contributed by atoms with E-state index in [9.17, 15) is 4.79 Å². The summed E-state index contributed by atoms with van der Waals surface area (Å²) in [5, 5.41) is 3.64.